The van der Waals surface area contributed by atoms with Crippen molar-refractivity contribution in [1.29, 1.82) is 0 Å². The molecule has 0 aliphatic carbocycles. The molecule has 21 heavy (non-hydrogen) atoms. The topological polar surface area (TPSA) is 62.2 Å². The van der Waals surface area contributed by atoms with Crippen molar-refractivity contribution >= 4 is 11.6 Å². The fraction of sp³-hybridized carbons (Fsp3) is 0.176. The van der Waals surface area contributed by atoms with E-state index < -0.39 is 0 Å². The van der Waals surface area contributed by atoms with Gasteiger partial charge in [0, 0.05) is 23.1 Å². The molecule has 0 aliphatic rings. The third-order valence-electron chi connectivity index (χ3n) is 2.90. The molecule has 0 bridgehead atoms. The van der Waals surface area contributed by atoms with Crippen LogP contribution in [0.2, 0.25) is 0 Å². The van der Waals surface area contributed by atoms with Gasteiger partial charge in [-0.25, -0.2) is 0 Å². The van der Waals surface area contributed by atoms with Gasteiger partial charge in [-0.15, -0.1) is 0 Å². The number of carbonyl (C=O) groups is 1. The Morgan fingerprint density at radius 1 is 1.33 bits per heavy atom. The SMILES string of the molecule is Cc1cc(C#CCO)cc(NC(=O)c2cccnc2C)c1. The van der Waals surface area contributed by atoms with Crippen molar-refractivity contribution in [2.24, 2.45) is 0 Å². The fourth-order valence-electron chi connectivity index (χ4n) is 1.99. The van der Waals surface area contributed by atoms with Crippen LogP contribution in [-0.4, -0.2) is 22.6 Å². The third-order valence-corrected chi connectivity index (χ3v) is 2.90. The van der Waals surface area contributed by atoms with Crippen LogP contribution in [0.15, 0.2) is 36.5 Å². The Kier molecular flexibility index (Phi) is 4.70. The molecule has 0 aliphatic heterocycles. The molecule has 2 aromatic rings. The van der Waals surface area contributed by atoms with Crippen molar-refractivity contribution in [3.05, 3.63) is 58.9 Å². The number of carbonyl (C=O) groups excluding carboxylic acids is 1. The molecule has 0 unspecified atom stereocenters. The first kappa shape index (κ1) is 14.8. The van der Waals surface area contributed by atoms with Crippen LogP contribution in [0.4, 0.5) is 5.69 Å². The van der Waals surface area contributed by atoms with Crippen LogP contribution < -0.4 is 5.32 Å². The highest BCUT2D eigenvalue weighted by Crippen LogP contribution is 2.15. The van der Waals surface area contributed by atoms with E-state index in [-0.39, 0.29) is 12.5 Å². The number of hydrogen-bond acceptors (Lipinski definition) is 3. The zero-order chi connectivity index (χ0) is 15.2. The van der Waals surface area contributed by atoms with Crippen LogP contribution in [0.3, 0.4) is 0 Å². The lowest BCUT2D eigenvalue weighted by atomic mass is 10.1. The molecular weight excluding hydrogens is 264 g/mol. The lowest BCUT2D eigenvalue weighted by Crippen LogP contribution is -2.14. The van der Waals surface area contributed by atoms with E-state index in [2.05, 4.69) is 22.1 Å². The Labute approximate surface area is 123 Å². The highest BCUT2D eigenvalue weighted by atomic mass is 16.2. The third kappa shape index (κ3) is 3.91. The Morgan fingerprint density at radius 3 is 2.86 bits per heavy atom. The van der Waals surface area contributed by atoms with Crippen LogP contribution in [0.25, 0.3) is 0 Å². The predicted molar refractivity (Wildman–Crippen MR) is 82.1 cm³/mol. The Hall–Kier alpha value is -2.64. The molecular formula is C17H16N2O2. The number of nitrogens with one attached hydrogen (secondary N) is 1. The summed E-state index contributed by atoms with van der Waals surface area (Å²) in [6, 6.07) is 9.01. The second kappa shape index (κ2) is 6.69. The van der Waals surface area contributed by atoms with Gasteiger partial charge in [-0.05, 0) is 49.7 Å². The van der Waals surface area contributed by atoms with Crippen molar-refractivity contribution in [2.45, 2.75) is 13.8 Å². The standard InChI is InChI=1S/C17H16N2O2/c1-12-9-14(5-4-8-20)11-15(10-12)19-17(21)16-6-3-7-18-13(16)2/h3,6-7,9-11,20H,8H2,1-2H3,(H,19,21). The number of nitrogens with zero attached hydrogens (tertiary/aromatic N) is 1. The van der Waals surface area contributed by atoms with Gasteiger partial charge < -0.3 is 10.4 Å². The minimum atomic E-state index is -0.202. The summed E-state index contributed by atoms with van der Waals surface area (Å²) in [6.07, 6.45) is 1.65. The summed E-state index contributed by atoms with van der Waals surface area (Å²) < 4.78 is 0. The summed E-state index contributed by atoms with van der Waals surface area (Å²) in [6.45, 7) is 3.53. The predicted octanol–water partition coefficient (Wildman–Crippen LogP) is 2.29. The number of aromatic nitrogens is 1. The Balaban J connectivity index is 2.25. The second-order valence-electron chi connectivity index (χ2n) is 4.64. The number of aliphatic hydroxyl groups is 1. The van der Waals surface area contributed by atoms with Crippen molar-refractivity contribution in [2.75, 3.05) is 11.9 Å². The summed E-state index contributed by atoms with van der Waals surface area (Å²) >= 11 is 0. The molecule has 0 atom stereocenters. The quantitative estimate of drug-likeness (QED) is 0.830. The number of amides is 1. The molecule has 1 aromatic carbocycles. The van der Waals surface area contributed by atoms with E-state index in [9.17, 15) is 4.79 Å². The van der Waals surface area contributed by atoms with Crippen molar-refractivity contribution in [3.63, 3.8) is 0 Å². The van der Waals surface area contributed by atoms with E-state index in [0.29, 0.717) is 16.9 Å². The lowest BCUT2D eigenvalue weighted by molar-refractivity contribution is 0.102. The molecule has 2 N–H and O–H groups in total. The maximum absolute atomic E-state index is 12.2. The summed E-state index contributed by atoms with van der Waals surface area (Å²) in [5.74, 6) is 5.23. The Morgan fingerprint density at radius 2 is 2.14 bits per heavy atom. The van der Waals surface area contributed by atoms with Gasteiger partial charge in [0.2, 0.25) is 0 Å². The minimum Gasteiger partial charge on any atom is -0.384 e. The van der Waals surface area contributed by atoms with Crippen LogP contribution in [0.5, 0.6) is 0 Å². The number of pyridine rings is 1. The van der Waals surface area contributed by atoms with Crippen LogP contribution in [-0.2, 0) is 0 Å². The van der Waals surface area contributed by atoms with Gasteiger partial charge in [-0.2, -0.15) is 0 Å². The number of aliphatic hydroxyl groups excluding tert-OH is 1. The molecule has 4 heteroatoms. The normalized spacial score (nSPS) is 9.67. The fourth-order valence-corrected chi connectivity index (χ4v) is 1.99. The molecule has 0 fully saturated rings. The molecule has 106 valence electrons. The van der Waals surface area contributed by atoms with Gasteiger partial charge in [-0.1, -0.05) is 11.8 Å². The van der Waals surface area contributed by atoms with E-state index >= 15 is 0 Å². The van der Waals surface area contributed by atoms with Gasteiger partial charge in [0.15, 0.2) is 0 Å². The molecule has 0 spiro atoms. The van der Waals surface area contributed by atoms with Gasteiger partial charge in [0.25, 0.3) is 5.91 Å². The van der Waals surface area contributed by atoms with Gasteiger partial charge in [0.05, 0.1) is 5.56 Å². The van der Waals surface area contributed by atoms with E-state index in [0.717, 1.165) is 11.1 Å². The van der Waals surface area contributed by atoms with Crippen molar-refractivity contribution in [3.8, 4) is 11.8 Å². The maximum atomic E-state index is 12.2. The lowest BCUT2D eigenvalue weighted by Gasteiger charge is -2.08. The van der Waals surface area contributed by atoms with Gasteiger partial charge in [0.1, 0.15) is 6.61 Å². The molecule has 1 aromatic heterocycles. The molecule has 0 saturated carbocycles. The van der Waals surface area contributed by atoms with E-state index in [1.807, 2.05) is 19.1 Å². The monoisotopic (exact) mass is 280 g/mol. The number of benzene rings is 1. The first-order valence-electron chi connectivity index (χ1n) is 6.54. The van der Waals surface area contributed by atoms with E-state index in [1.165, 1.54) is 0 Å². The van der Waals surface area contributed by atoms with Crippen molar-refractivity contribution in [1.82, 2.24) is 4.98 Å². The first-order valence-corrected chi connectivity index (χ1v) is 6.54. The number of anilines is 1. The average Bonchev–Trinajstić information content (AvgIpc) is 2.45. The number of aryl methyl sites for hydroxylation is 2. The first-order chi connectivity index (χ1) is 10.1. The van der Waals surface area contributed by atoms with E-state index in [4.69, 9.17) is 5.11 Å². The highest BCUT2D eigenvalue weighted by molar-refractivity contribution is 6.05. The molecule has 1 amide bonds. The van der Waals surface area contributed by atoms with Crippen LogP contribution in [0, 0.1) is 25.7 Å². The van der Waals surface area contributed by atoms with Gasteiger partial charge in [-0.3, -0.25) is 9.78 Å². The average molecular weight is 280 g/mol. The zero-order valence-electron chi connectivity index (χ0n) is 12.0. The minimum absolute atomic E-state index is 0.190. The molecule has 0 radical (unpaired) electrons. The molecule has 4 nitrogen and oxygen atoms in total. The smallest absolute Gasteiger partial charge is 0.257 e. The summed E-state index contributed by atoms with van der Waals surface area (Å²) in [5.41, 5.74) is 3.63. The number of rotatable bonds is 2. The number of hydrogen-bond donors (Lipinski definition) is 2. The molecule has 0 saturated heterocycles. The zero-order valence-corrected chi connectivity index (χ0v) is 12.0. The second-order valence-corrected chi connectivity index (χ2v) is 4.64. The highest BCUT2D eigenvalue weighted by Gasteiger charge is 2.09. The van der Waals surface area contributed by atoms with Crippen LogP contribution >= 0.6 is 0 Å². The van der Waals surface area contributed by atoms with Crippen LogP contribution in [0.1, 0.15) is 27.2 Å². The largest absolute Gasteiger partial charge is 0.384 e. The molecule has 2 rings (SSSR count). The maximum Gasteiger partial charge on any atom is 0.257 e. The Bertz CT molecular complexity index is 727. The summed E-state index contributed by atoms with van der Waals surface area (Å²) in [5, 5.41) is 11.6. The summed E-state index contributed by atoms with van der Waals surface area (Å²) in [7, 11) is 0. The van der Waals surface area contributed by atoms with Gasteiger partial charge >= 0.3 is 0 Å². The van der Waals surface area contributed by atoms with E-state index in [1.54, 1.807) is 31.3 Å². The molecule has 1 heterocycles. The van der Waals surface area contributed by atoms with Crippen molar-refractivity contribution < 1.29 is 9.90 Å². The summed E-state index contributed by atoms with van der Waals surface area (Å²) in [4.78, 5) is 16.4.